The highest BCUT2D eigenvalue weighted by Gasteiger charge is 2.40. The largest absolute Gasteiger partial charge is 0.380 e. The molecule has 1 aliphatic heterocycles. The minimum atomic E-state index is -0.212. The summed E-state index contributed by atoms with van der Waals surface area (Å²) >= 11 is 0. The van der Waals surface area contributed by atoms with E-state index in [1.165, 1.54) is 6.42 Å². The number of methoxy groups -OCH3 is 1. The topological polar surface area (TPSA) is 80.5 Å². The van der Waals surface area contributed by atoms with E-state index in [4.69, 9.17) is 9.26 Å². The molecular weight excluding hydrogens is 308 g/mol. The van der Waals surface area contributed by atoms with Crippen molar-refractivity contribution in [2.45, 2.75) is 64.6 Å². The maximum absolute atomic E-state index is 12.8. The van der Waals surface area contributed by atoms with Crippen LogP contribution in [0, 0.1) is 18.8 Å². The summed E-state index contributed by atoms with van der Waals surface area (Å²) in [7, 11) is 1.67. The summed E-state index contributed by atoms with van der Waals surface area (Å²) < 4.78 is 10.8. The lowest BCUT2D eigenvalue weighted by atomic mass is 9.79. The van der Waals surface area contributed by atoms with Crippen molar-refractivity contribution in [3.63, 3.8) is 0 Å². The Balaban J connectivity index is 1.67. The van der Waals surface area contributed by atoms with Crippen LogP contribution in [-0.2, 0) is 4.74 Å². The summed E-state index contributed by atoms with van der Waals surface area (Å²) in [5, 5.41) is 7.06. The number of ether oxygens (including phenoxy) is 1. The molecule has 2 aliphatic rings. The zero-order chi connectivity index (χ0) is 17.3. The SMILES string of the molecule is CO[C@H]1C[C@H](c2nc(C)no2)N(C(=O)NC2CCC(C)C(C)C2)C1. The fourth-order valence-corrected chi connectivity index (χ4v) is 3.81. The Morgan fingerprint density at radius 3 is 2.71 bits per heavy atom. The van der Waals surface area contributed by atoms with Gasteiger partial charge in [-0.05, 0) is 38.0 Å². The third-order valence-electron chi connectivity index (χ3n) is 5.61. The minimum absolute atomic E-state index is 0.00161. The van der Waals surface area contributed by atoms with Gasteiger partial charge in [0.05, 0.1) is 6.10 Å². The monoisotopic (exact) mass is 336 g/mol. The van der Waals surface area contributed by atoms with Crippen molar-refractivity contribution >= 4 is 6.03 Å². The minimum Gasteiger partial charge on any atom is -0.380 e. The first-order chi connectivity index (χ1) is 11.5. The van der Waals surface area contributed by atoms with E-state index in [1.54, 1.807) is 18.9 Å². The number of urea groups is 1. The number of likely N-dealkylation sites (tertiary alicyclic amines) is 1. The van der Waals surface area contributed by atoms with Crippen LogP contribution >= 0.6 is 0 Å². The van der Waals surface area contributed by atoms with Crippen LogP contribution in [0.3, 0.4) is 0 Å². The van der Waals surface area contributed by atoms with Crippen molar-refractivity contribution < 1.29 is 14.1 Å². The summed E-state index contributed by atoms with van der Waals surface area (Å²) in [6.07, 6.45) is 3.93. The number of hydrogen-bond donors (Lipinski definition) is 1. The third kappa shape index (κ3) is 3.55. The van der Waals surface area contributed by atoms with Crippen LogP contribution in [0.15, 0.2) is 4.52 Å². The lowest BCUT2D eigenvalue weighted by Gasteiger charge is -2.34. The van der Waals surface area contributed by atoms with Crippen molar-refractivity contribution in [1.29, 1.82) is 0 Å². The number of rotatable bonds is 3. The molecular formula is C17H28N4O3. The Kier molecular flexibility index (Phi) is 5.08. The summed E-state index contributed by atoms with van der Waals surface area (Å²) in [4.78, 5) is 18.9. The molecule has 7 nitrogen and oxygen atoms in total. The van der Waals surface area contributed by atoms with Gasteiger partial charge in [0.2, 0.25) is 5.89 Å². The second-order valence-electron chi connectivity index (χ2n) is 7.36. The van der Waals surface area contributed by atoms with Gasteiger partial charge in [0.15, 0.2) is 5.82 Å². The molecule has 2 fully saturated rings. The van der Waals surface area contributed by atoms with Crippen LogP contribution in [0.25, 0.3) is 0 Å². The van der Waals surface area contributed by atoms with Crippen molar-refractivity contribution in [3.8, 4) is 0 Å². The van der Waals surface area contributed by atoms with Gasteiger partial charge in [0.25, 0.3) is 0 Å². The Hall–Kier alpha value is -1.63. The molecule has 1 saturated carbocycles. The summed E-state index contributed by atoms with van der Waals surface area (Å²) in [5.41, 5.74) is 0. The van der Waals surface area contributed by atoms with E-state index in [0.717, 1.165) is 18.8 Å². The van der Waals surface area contributed by atoms with Crippen molar-refractivity contribution in [3.05, 3.63) is 11.7 Å². The zero-order valence-electron chi connectivity index (χ0n) is 15.0. The van der Waals surface area contributed by atoms with Gasteiger partial charge < -0.3 is 19.5 Å². The number of nitrogens with zero attached hydrogens (tertiary/aromatic N) is 3. The molecule has 0 bridgehead atoms. The Labute approximate surface area is 143 Å². The predicted octanol–water partition coefficient (Wildman–Crippen LogP) is 2.67. The Bertz CT molecular complexity index is 576. The maximum Gasteiger partial charge on any atom is 0.318 e. The van der Waals surface area contributed by atoms with Crippen LogP contribution in [-0.4, -0.2) is 46.9 Å². The lowest BCUT2D eigenvalue weighted by molar-refractivity contribution is 0.109. The van der Waals surface area contributed by atoms with Crippen LogP contribution in [0.5, 0.6) is 0 Å². The van der Waals surface area contributed by atoms with Gasteiger partial charge in [-0.1, -0.05) is 19.0 Å². The molecule has 0 radical (unpaired) electrons. The highest BCUT2D eigenvalue weighted by atomic mass is 16.5. The quantitative estimate of drug-likeness (QED) is 0.918. The first-order valence-electron chi connectivity index (χ1n) is 8.88. The average Bonchev–Trinajstić information content (AvgIpc) is 3.16. The van der Waals surface area contributed by atoms with Gasteiger partial charge in [-0.3, -0.25) is 0 Å². The molecule has 5 atom stereocenters. The zero-order valence-corrected chi connectivity index (χ0v) is 15.0. The van der Waals surface area contributed by atoms with Crippen LogP contribution in [0.2, 0.25) is 0 Å². The fraction of sp³-hybridized carbons (Fsp3) is 0.824. The normalized spacial score (nSPS) is 33.7. The summed E-state index contributed by atoms with van der Waals surface area (Å²) in [5.74, 6) is 2.45. The van der Waals surface area contributed by atoms with Crippen LogP contribution < -0.4 is 5.32 Å². The number of aryl methyl sites for hydroxylation is 1. The molecule has 1 aromatic rings. The Morgan fingerprint density at radius 2 is 2.08 bits per heavy atom. The van der Waals surface area contributed by atoms with Gasteiger partial charge in [-0.15, -0.1) is 0 Å². The predicted molar refractivity (Wildman–Crippen MR) is 88.4 cm³/mol. The number of amides is 2. The molecule has 3 rings (SSSR count). The van der Waals surface area contributed by atoms with E-state index >= 15 is 0 Å². The van der Waals surface area contributed by atoms with Gasteiger partial charge in [-0.2, -0.15) is 4.98 Å². The molecule has 1 aromatic heterocycles. The van der Waals surface area contributed by atoms with E-state index < -0.39 is 0 Å². The van der Waals surface area contributed by atoms with Gasteiger partial charge in [0.1, 0.15) is 6.04 Å². The van der Waals surface area contributed by atoms with Crippen molar-refractivity contribution in [2.24, 2.45) is 11.8 Å². The molecule has 1 aliphatic carbocycles. The molecule has 1 N–H and O–H groups in total. The lowest BCUT2D eigenvalue weighted by Crippen LogP contribution is -2.47. The van der Waals surface area contributed by atoms with Crippen molar-refractivity contribution in [2.75, 3.05) is 13.7 Å². The maximum atomic E-state index is 12.8. The molecule has 2 heterocycles. The molecule has 1 saturated heterocycles. The molecule has 2 amide bonds. The standard InChI is InChI=1S/C17H28N4O3/c1-10-5-6-13(7-11(10)2)19-17(22)21-9-14(23-4)8-15(21)16-18-12(3)20-24-16/h10-11,13-15H,5-9H2,1-4H3,(H,19,22)/t10?,11?,13?,14-,15+/m0/s1. The first-order valence-corrected chi connectivity index (χ1v) is 8.88. The van der Waals surface area contributed by atoms with Crippen molar-refractivity contribution in [1.82, 2.24) is 20.4 Å². The van der Waals surface area contributed by atoms with Gasteiger partial charge in [0, 0.05) is 26.1 Å². The Morgan fingerprint density at radius 1 is 1.29 bits per heavy atom. The first kappa shape index (κ1) is 17.2. The highest BCUT2D eigenvalue weighted by Crippen LogP contribution is 2.33. The second-order valence-corrected chi connectivity index (χ2v) is 7.36. The molecule has 3 unspecified atom stereocenters. The number of carbonyl (C=O) groups is 1. The van der Waals surface area contributed by atoms with Crippen LogP contribution in [0.4, 0.5) is 4.79 Å². The van der Waals surface area contributed by atoms with E-state index in [2.05, 4.69) is 29.3 Å². The number of nitrogens with one attached hydrogen (secondary N) is 1. The summed E-state index contributed by atoms with van der Waals surface area (Å²) in [6, 6.07) is -0.0198. The third-order valence-corrected chi connectivity index (χ3v) is 5.61. The highest BCUT2D eigenvalue weighted by molar-refractivity contribution is 5.75. The molecule has 0 spiro atoms. The van der Waals surface area contributed by atoms with E-state index in [0.29, 0.717) is 30.6 Å². The van der Waals surface area contributed by atoms with Crippen LogP contribution in [0.1, 0.15) is 57.3 Å². The number of aromatic nitrogens is 2. The van der Waals surface area contributed by atoms with E-state index in [1.807, 2.05) is 0 Å². The smallest absolute Gasteiger partial charge is 0.318 e. The molecule has 134 valence electrons. The van der Waals surface area contributed by atoms with Gasteiger partial charge >= 0.3 is 6.03 Å². The fourth-order valence-electron chi connectivity index (χ4n) is 3.81. The van der Waals surface area contributed by atoms with Gasteiger partial charge in [-0.25, -0.2) is 4.79 Å². The molecule has 24 heavy (non-hydrogen) atoms. The molecule has 7 heteroatoms. The van der Waals surface area contributed by atoms with E-state index in [9.17, 15) is 4.79 Å². The second kappa shape index (κ2) is 7.09. The van der Waals surface area contributed by atoms with E-state index in [-0.39, 0.29) is 24.2 Å². The molecule has 0 aromatic carbocycles. The number of hydrogen-bond acceptors (Lipinski definition) is 5. The summed E-state index contributed by atoms with van der Waals surface area (Å²) in [6.45, 7) is 6.89. The average molecular weight is 336 g/mol. The number of carbonyl (C=O) groups excluding carboxylic acids is 1.